The molecule has 11 amide bonds. The zero-order valence-electron chi connectivity index (χ0n) is 51.7. The molecule has 0 saturated heterocycles. The van der Waals surface area contributed by atoms with Crippen molar-refractivity contribution in [1.82, 2.24) is 61.2 Å². The van der Waals surface area contributed by atoms with Gasteiger partial charge >= 0.3 is 30.3 Å². The van der Waals surface area contributed by atoms with Crippen LogP contribution in [0.25, 0.3) is 11.2 Å². The first-order valence-electron chi connectivity index (χ1n) is 29.3. The zero-order valence-corrected chi connectivity index (χ0v) is 51.7. The number of nitrogens with zero attached hydrogens (tertiary/aromatic N) is 7. The van der Waals surface area contributed by atoms with Gasteiger partial charge in [0.05, 0.1) is 49.3 Å². The Morgan fingerprint density at radius 3 is 2.04 bits per heavy atom. The highest BCUT2D eigenvalue weighted by molar-refractivity contribution is 6.13. The average Bonchev–Trinajstić information content (AvgIpc) is 1.43. The Morgan fingerprint density at radius 1 is 0.699 bits per heavy atom. The van der Waals surface area contributed by atoms with Gasteiger partial charge in [0.2, 0.25) is 17.8 Å². The van der Waals surface area contributed by atoms with Crippen LogP contribution in [0.3, 0.4) is 0 Å². The van der Waals surface area contributed by atoms with Gasteiger partial charge in [-0.25, -0.2) is 33.9 Å². The predicted octanol–water partition coefficient (Wildman–Crippen LogP) is 2.49. The van der Waals surface area contributed by atoms with E-state index in [1.54, 1.807) is 56.4 Å². The van der Waals surface area contributed by atoms with Crippen molar-refractivity contribution in [2.24, 2.45) is 11.7 Å². The Labute approximate surface area is 533 Å². The lowest BCUT2D eigenvalue weighted by Crippen LogP contribution is -2.54. The molecule has 6 rings (SSSR count). The second-order valence-electron chi connectivity index (χ2n) is 21.4. The number of nitrogens with two attached hydrogens (primary N) is 3. The van der Waals surface area contributed by atoms with Gasteiger partial charge < -0.3 is 88.3 Å². The number of hydrogen-bond acceptors (Lipinski definition) is 22. The molecule has 0 radical (unpaired) electrons. The van der Waals surface area contributed by atoms with Crippen LogP contribution in [-0.2, 0) is 46.5 Å². The number of nitrogen functional groups attached to an aromatic ring is 2. The van der Waals surface area contributed by atoms with E-state index < -0.39 is 83.4 Å². The third-order valence-electron chi connectivity index (χ3n) is 13.9. The fraction of sp³-hybridized carbons (Fsp3) is 0.383. The van der Waals surface area contributed by atoms with Crippen molar-refractivity contribution in [2.45, 2.75) is 77.7 Å². The molecule has 3 heterocycles. The van der Waals surface area contributed by atoms with E-state index in [-0.39, 0.29) is 113 Å². The number of carboxylic acids is 1. The maximum atomic E-state index is 13.6. The molecule has 3 atom stereocenters. The number of nitrogens with one attached hydrogen (secondary N) is 7. The van der Waals surface area contributed by atoms with Gasteiger partial charge in [-0.1, -0.05) is 26.0 Å². The van der Waals surface area contributed by atoms with Crippen molar-refractivity contribution in [3.63, 3.8) is 0 Å². The van der Waals surface area contributed by atoms with Crippen LogP contribution in [0.5, 0.6) is 5.75 Å². The highest BCUT2D eigenvalue weighted by atomic mass is 16.6. The normalized spacial score (nSPS) is 12.6. The maximum absolute atomic E-state index is 13.6. The lowest BCUT2D eigenvalue weighted by Gasteiger charge is -2.25. The molecule has 496 valence electrons. The molecule has 33 nitrogen and oxygen atoms in total. The van der Waals surface area contributed by atoms with Crippen molar-refractivity contribution in [2.75, 3.05) is 88.7 Å². The van der Waals surface area contributed by atoms with Gasteiger partial charge in [0.25, 0.3) is 23.6 Å². The number of likely N-dealkylation sites (N-methyl/N-ethyl adjacent to an activating group) is 2. The number of alkyl carbamates (subject to hydrolysis) is 1. The lowest BCUT2D eigenvalue weighted by molar-refractivity contribution is -0.137. The number of hydrogen-bond donors (Lipinski definition) is 11. The number of carbonyl (C=O) groups excluding carboxylic acids is 10. The SMILES string of the molecule is CC(C)[C@H](NC(=O)OCCOCCN1C(=O)C=CC1=O)C(=O)N[C@@H](CCCNC(N)=O)C(=O)Nc1ccc(COC(=O)N(C)CCN(C)C(=O)Oc2ccc(C(=O)NCCC[C@@H](C)NC(=O)c3ccc(NCc4cnc5nc(N)nc(N)c5n4)cc3)c(C(=O)O)c2)cc1. The second-order valence-corrected chi connectivity index (χ2v) is 21.4. The Morgan fingerprint density at radius 2 is 1.37 bits per heavy atom. The smallest absolute Gasteiger partial charge is 0.415 e. The number of carbonyl (C=O) groups is 11. The Balaban J connectivity index is 0.878. The Hall–Kier alpha value is -11.3. The van der Waals surface area contributed by atoms with Crippen LogP contribution in [0.2, 0.25) is 0 Å². The summed E-state index contributed by atoms with van der Waals surface area (Å²) >= 11 is 0. The molecule has 3 aromatic carbocycles. The molecule has 0 aliphatic carbocycles. The average molecular weight is 1290 g/mol. The van der Waals surface area contributed by atoms with E-state index in [0.717, 1.165) is 33.7 Å². The number of anilines is 4. The van der Waals surface area contributed by atoms with E-state index in [4.69, 9.17) is 36.1 Å². The number of carboxylic acid groups (broad SMARTS) is 1. The largest absolute Gasteiger partial charge is 0.478 e. The van der Waals surface area contributed by atoms with Crippen molar-refractivity contribution in [1.29, 1.82) is 0 Å². The molecule has 0 spiro atoms. The van der Waals surface area contributed by atoms with E-state index in [1.807, 2.05) is 6.92 Å². The van der Waals surface area contributed by atoms with Gasteiger partial charge in [0, 0.05) is 75.4 Å². The summed E-state index contributed by atoms with van der Waals surface area (Å²) in [6, 6.07) is 13.2. The van der Waals surface area contributed by atoms with Crippen molar-refractivity contribution < 1.29 is 76.8 Å². The highest BCUT2D eigenvalue weighted by Crippen LogP contribution is 2.21. The molecule has 0 bridgehead atoms. The molecule has 0 fully saturated rings. The first-order chi connectivity index (χ1) is 44.3. The third kappa shape index (κ3) is 22.3. The molecule has 5 aromatic rings. The van der Waals surface area contributed by atoms with Crippen molar-refractivity contribution in [3.05, 3.63) is 113 Å². The number of rotatable bonds is 33. The standard InChI is InChI=1S/C60H75N17O16/c1-34(2)47(72-58(87)91-29-28-90-27-26-77-45(78)20-21-46(77)79)54(83)71-44(9-7-23-65-57(63)86)53(82)70-39-14-10-36(11-15-39)33-92-59(88)75(4)24-25-76(5)60(89)93-41-18-19-42(43(30-41)55(84)85)52(81)64-22-6-8-35(3)68-51(80)37-12-16-38(17-13-37)66-31-40-32-67-50-48(69-40)49(61)73-56(62)74-50/h10-21,30,32,34-35,44,47,66H,6-9,22-29,31,33H2,1-5H3,(H,64,81)(H,68,80)(H,70,82)(H,71,83)(H,72,87)(H,84,85)(H3,63,65,86)(H4,61,62,67,73,74)/t35-,44+,47+/m1/s1. The first kappa shape index (κ1) is 70.8. The predicted molar refractivity (Wildman–Crippen MR) is 335 cm³/mol. The number of aromatic carboxylic acids is 1. The Kier molecular flexibility index (Phi) is 26.4. The summed E-state index contributed by atoms with van der Waals surface area (Å²) in [7, 11) is 2.84. The minimum atomic E-state index is -1.45. The minimum absolute atomic E-state index is 0.00212. The maximum Gasteiger partial charge on any atom is 0.415 e. The van der Waals surface area contributed by atoms with E-state index in [0.29, 0.717) is 47.4 Å². The van der Waals surface area contributed by atoms with Crippen molar-refractivity contribution >= 4 is 100 Å². The van der Waals surface area contributed by atoms with Gasteiger partial charge in [-0.2, -0.15) is 9.97 Å². The molecular formula is C60H75N17O16. The Bertz CT molecular complexity index is 3540. The van der Waals surface area contributed by atoms with Crippen molar-refractivity contribution in [3.8, 4) is 5.75 Å². The van der Waals surface area contributed by atoms with Gasteiger partial charge in [-0.05, 0) is 98.7 Å². The number of aromatic nitrogens is 4. The third-order valence-corrected chi connectivity index (χ3v) is 13.9. The molecule has 0 saturated carbocycles. The number of imide groups is 1. The second kappa shape index (κ2) is 34.6. The van der Waals surface area contributed by atoms with Crippen LogP contribution in [0, 0.1) is 5.92 Å². The summed E-state index contributed by atoms with van der Waals surface area (Å²) in [4.78, 5) is 159. The summed E-state index contributed by atoms with van der Waals surface area (Å²) in [6.45, 7) is 5.21. The summed E-state index contributed by atoms with van der Waals surface area (Å²) in [5.74, 6) is -5.19. The number of amides is 11. The first-order valence-corrected chi connectivity index (χ1v) is 29.3. The van der Waals surface area contributed by atoms with E-state index in [9.17, 15) is 57.8 Å². The summed E-state index contributed by atoms with van der Waals surface area (Å²) in [5, 5.41) is 29.1. The molecule has 33 heteroatoms. The number of primary amides is 1. The minimum Gasteiger partial charge on any atom is -0.478 e. The topological polar surface area (TPSA) is 468 Å². The van der Waals surface area contributed by atoms with Gasteiger partial charge in [-0.3, -0.25) is 33.7 Å². The number of urea groups is 1. The van der Waals surface area contributed by atoms with Crippen LogP contribution in [0.15, 0.2) is 85.1 Å². The fourth-order valence-corrected chi connectivity index (χ4v) is 8.73. The highest BCUT2D eigenvalue weighted by Gasteiger charge is 2.30. The number of benzene rings is 3. The van der Waals surface area contributed by atoms with Crippen LogP contribution < -0.4 is 59.2 Å². The quantitative estimate of drug-likeness (QED) is 0.0212. The molecule has 1 aliphatic rings. The van der Waals surface area contributed by atoms with Gasteiger partial charge in [0.15, 0.2) is 17.0 Å². The van der Waals surface area contributed by atoms with Crippen LogP contribution in [-0.4, -0.2) is 190 Å². The lowest BCUT2D eigenvalue weighted by atomic mass is 10.0. The summed E-state index contributed by atoms with van der Waals surface area (Å²) < 4.78 is 21.3. The molecule has 1 aliphatic heterocycles. The monoisotopic (exact) mass is 1290 g/mol. The number of ether oxygens (including phenoxy) is 4. The van der Waals surface area contributed by atoms with E-state index in [2.05, 4.69) is 57.2 Å². The fourth-order valence-electron chi connectivity index (χ4n) is 8.73. The van der Waals surface area contributed by atoms with Gasteiger partial charge in [-0.15, -0.1) is 0 Å². The van der Waals surface area contributed by atoms with Gasteiger partial charge in [0.1, 0.15) is 31.0 Å². The summed E-state index contributed by atoms with van der Waals surface area (Å²) in [5.41, 5.74) is 19.3. The van der Waals surface area contributed by atoms with Crippen LogP contribution in [0.4, 0.5) is 42.3 Å². The molecule has 2 aromatic heterocycles. The molecule has 14 N–H and O–H groups in total. The molecular weight excluding hydrogens is 1210 g/mol. The zero-order chi connectivity index (χ0) is 67.7. The molecule has 0 unspecified atom stereocenters. The molecule has 93 heavy (non-hydrogen) atoms. The van der Waals surface area contributed by atoms with Crippen LogP contribution >= 0.6 is 0 Å². The number of fused-ring (bicyclic) bond motifs is 1. The van der Waals surface area contributed by atoms with Crippen LogP contribution in [0.1, 0.15) is 88.8 Å². The van der Waals surface area contributed by atoms with E-state index in [1.165, 1.54) is 43.3 Å². The summed E-state index contributed by atoms with van der Waals surface area (Å²) in [6.07, 6.45) is 2.45. The van der Waals surface area contributed by atoms with E-state index >= 15 is 0 Å².